The third kappa shape index (κ3) is 4.53. The minimum absolute atomic E-state index is 0.0927. The number of amides is 2. The lowest BCUT2D eigenvalue weighted by Crippen LogP contribution is -2.61. The van der Waals surface area contributed by atoms with Crippen LogP contribution in [0.1, 0.15) is 18.1 Å². The summed E-state index contributed by atoms with van der Waals surface area (Å²) < 4.78 is 10.8. The molecule has 6 nitrogen and oxygen atoms in total. The van der Waals surface area contributed by atoms with Gasteiger partial charge >= 0.3 is 0 Å². The molecule has 0 saturated carbocycles. The van der Waals surface area contributed by atoms with Gasteiger partial charge in [-0.2, -0.15) is 0 Å². The van der Waals surface area contributed by atoms with Gasteiger partial charge < -0.3 is 9.47 Å². The van der Waals surface area contributed by atoms with Gasteiger partial charge in [0, 0.05) is 11.8 Å². The fraction of sp³-hybridized carbons (Fsp3) is 0.214. The van der Waals surface area contributed by atoms with Gasteiger partial charge in [-0.3, -0.25) is 19.4 Å². The van der Waals surface area contributed by atoms with E-state index in [1.54, 1.807) is 30.2 Å². The molecule has 174 valence electrons. The zero-order valence-electron chi connectivity index (χ0n) is 19.8. The van der Waals surface area contributed by atoms with E-state index in [0.29, 0.717) is 22.9 Å². The molecule has 1 heterocycles. The van der Waals surface area contributed by atoms with Crippen LogP contribution in [0.15, 0.2) is 78.4 Å². The van der Waals surface area contributed by atoms with Crippen LogP contribution in [0.4, 0.5) is 11.4 Å². The second-order valence-electron chi connectivity index (χ2n) is 8.26. The largest absolute Gasteiger partial charge is 0.497 e. The summed E-state index contributed by atoms with van der Waals surface area (Å²) in [6.45, 7) is 3.78. The maximum atomic E-state index is 14.0. The Morgan fingerprint density at radius 1 is 0.941 bits per heavy atom. The molecule has 3 aromatic rings. The third-order valence-electron chi connectivity index (χ3n) is 5.94. The fourth-order valence-corrected chi connectivity index (χ4v) is 4.19. The van der Waals surface area contributed by atoms with E-state index in [1.807, 2.05) is 74.5 Å². The summed E-state index contributed by atoms with van der Waals surface area (Å²) in [4.78, 5) is 30.6. The number of carbonyl (C=O) groups excluding carboxylic acids is 2. The third-order valence-corrected chi connectivity index (χ3v) is 5.94. The Balaban J connectivity index is 1.81. The lowest BCUT2D eigenvalue weighted by Gasteiger charge is -2.41. The normalized spacial score (nSPS) is 16.6. The topological polar surface area (TPSA) is 59.1 Å². The van der Waals surface area contributed by atoms with Gasteiger partial charge in [0.2, 0.25) is 5.91 Å². The molecule has 1 fully saturated rings. The van der Waals surface area contributed by atoms with E-state index in [0.717, 1.165) is 16.7 Å². The number of hydrogen-bond acceptors (Lipinski definition) is 4. The van der Waals surface area contributed by atoms with Crippen LogP contribution in [0.5, 0.6) is 11.5 Å². The van der Waals surface area contributed by atoms with Crippen molar-refractivity contribution in [1.29, 1.82) is 0 Å². The summed E-state index contributed by atoms with van der Waals surface area (Å²) in [6, 6.07) is 21.8. The van der Waals surface area contributed by atoms with Crippen LogP contribution in [-0.2, 0) is 9.59 Å². The molecule has 3 aromatic carbocycles. The molecule has 6 heteroatoms. The van der Waals surface area contributed by atoms with Crippen molar-refractivity contribution < 1.29 is 19.1 Å². The molecule has 0 aromatic heterocycles. The van der Waals surface area contributed by atoms with Crippen molar-refractivity contribution in [3.63, 3.8) is 0 Å². The second kappa shape index (κ2) is 9.83. The first-order chi connectivity index (χ1) is 16.4. The van der Waals surface area contributed by atoms with Crippen molar-refractivity contribution in [2.45, 2.75) is 19.9 Å². The number of rotatable bonds is 6. The number of ether oxygens (including phenoxy) is 2. The van der Waals surface area contributed by atoms with Crippen LogP contribution in [-0.4, -0.2) is 38.6 Å². The van der Waals surface area contributed by atoms with Gasteiger partial charge in [-0.25, -0.2) is 0 Å². The number of benzene rings is 3. The minimum Gasteiger partial charge on any atom is -0.497 e. The van der Waals surface area contributed by atoms with Crippen LogP contribution in [0.3, 0.4) is 0 Å². The highest BCUT2D eigenvalue weighted by Gasteiger charge is 2.42. The Morgan fingerprint density at radius 2 is 1.65 bits per heavy atom. The predicted molar refractivity (Wildman–Crippen MR) is 134 cm³/mol. The molecular weight excluding hydrogens is 428 g/mol. The Labute approximate surface area is 200 Å². The van der Waals surface area contributed by atoms with Crippen LogP contribution in [0.25, 0.3) is 6.08 Å². The highest BCUT2D eigenvalue weighted by molar-refractivity contribution is 6.16. The van der Waals surface area contributed by atoms with E-state index in [4.69, 9.17) is 9.47 Å². The molecule has 0 aliphatic carbocycles. The monoisotopic (exact) mass is 456 g/mol. The maximum Gasteiger partial charge on any atom is 0.255 e. The summed E-state index contributed by atoms with van der Waals surface area (Å²) in [6.07, 6.45) is 1.95. The quantitative estimate of drug-likeness (QED) is 0.531. The molecule has 1 aliphatic rings. The highest BCUT2D eigenvalue weighted by Crippen LogP contribution is 2.36. The van der Waals surface area contributed by atoms with Gasteiger partial charge in [0.05, 0.1) is 19.9 Å². The number of aryl methyl sites for hydroxylation is 1. The van der Waals surface area contributed by atoms with E-state index < -0.39 is 6.04 Å². The first-order valence-electron chi connectivity index (χ1n) is 11.1. The Hall–Kier alpha value is -4.06. The molecule has 0 N–H and O–H groups in total. The second-order valence-corrected chi connectivity index (χ2v) is 8.26. The summed E-state index contributed by atoms with van der Waals surface area (Å²) in [5.74, 6) is 0.697. The number of anilines is 2. The summed E-state index contributed by atoms with van der Waals surface area (Å²) in [7, 11) is 3.10. The standard InChI is InChI=1S/C28H28N2O4/c1-19-10-12-22(13-11-19)30-26(31)18-29(24-15-14-23(33-3)17-25(24)34-4)28(32)27(30)20(2)16-21-8-6-5-7-9-21/h5-17,27H,18H2,1-4H3/b20-16+/t27-/m1/s1. The zero-order chi connectivity index (χ0) is 24.2. The molecule has 1 saturated heterocycles. The molecule has 0 radical (unpaired) electrons. The lowest BCUT2D eigenvalue weighted by atomic mass is 9.98. The molecule has 0 spiro atoms. The van der Waals surface area contributed by atoms with Crippen molar-refractivity contribution in [2.24, 2.45) is 0 Å². The fourth-order valence-electron chi connectivity index (χ4n) is 4.19. The zero-order valence-corrected chi connectivity index (χ0v) is 19.8. The average Bonchev–Trinajstić information content (AvgIpc) is 2.85. The van der Waals surface area contributed by atoms with Crippen LogP contribution < -0.4 is 19.3 Å². The Morgan fingerprint density at radius 3 is 2.29 bits per heavy atom. The first-order valence-corrected chi connectivity index (χ1v) is 11.1. The van der Waals surface area contributed by atoms with Crippen molar-refractivity contribution in [3.8, 4) is 11.5 Å². The summed E-state index contributed by atoms with van der Waals surface area (Å²) in [5.41, 5.74) is 4.03. The van der Waals surface area contributed by atoms with Gasteiger partial charge in [-0.05, 0) is 49.2 Å². The molecule has 34 heavy (non-hydrogen) atoms. The van der Waals surface area contributed by atoms with Gasteiger partial charge in [0.15, 0.2) is 0 Å². The molecule has 1 aliphatic heterocycles. The number of hydrogen-bond donors (Lipinski definition) is 0. The van der Waals surface area contributed by atoms with Crippen LogP contribution in [0, 0.1) is 6.92 Å². The van der Waals surface area contributed by atoms with Gasteiger partial charge in [-0.1, -0.05) is 54.1 Å². The Kier molecular flexibility index (Phi) is 6.68. The summed E-state index contributed by atoms with van der Waals surface area (Å²) >= 11 is 0. The lowest BCUT2D eigenvalue weighted by molar-refractivity contribution is -0.127. The van der Waals surface area contributed by atoms with Crippen molar-refractivity contribution >= 4 is 29.3 Å². The van der Waals surface area contributed by atoms with Gasteiger partial charge in [-0.15, -0.1) is 0 Å². The van der Waals surface area contributed by atoms with E-state index >= 15 is 0 Å². The molecule has 4 rings (SSSR count). The summed E-state index contributed by atoms with van der Waals surface area (Å²) in [5, 5.41) is 0. The number of nitrogens with zero attached hydrogens (tertiary/aromatic N) is 2. The SMILES string of the molecule is COc1ccc(N2CC(=O)N(c3ccc(C)cc3)[C@H](/C(C)=C/c3ccccc3)C2=O)c(OC)c1. The number of methoxy groups -OCH3 is 2. The van der Waals surface area contributed by atoms with Gasteiger partial charge in [0.25, 0.3) is 5.91 Å². The number of carbonyl (C=O) groups is 2. The predicted octanol–water partition coefficient (Wildman–Crippen LogP) is 4.86. The van der Waals surface area contributed by atoms with E-state index in [9.17, 15) is 9.59 Å². The van der Waals surface area contributed by atoms with Gasteiger partial charge in [0.1, 0.15) is 24.1 Å². The van der Waals surface area contributed by atoms with Crippen molar-refractivity contribution in [2.75, 3.05) is 30.6 Å². The van der Waals surface area contributed by atoms with Crippen molar-refractivity contribution in [3.05, 3.63) is 89.5 Å². The average molecular weight is 457 g/mol. The van der Waals surface area contributed by atoms with E-state index in [2.05, 4.69) is 0 Å². The molecular formula is C28H28N2O4. The van der Waals surface area contributed by atoms with E-state index in [1.165, 1.54) is 12.0 Å². The molecule has 2 amide bonds. The smallest absolute Gasteiger partial charge is 0.255 e. The molecule has 1 atom stereocenters. The van der Waals surface area contributed by atoms with E-state index in [-0.39, 0.29) is 18.4 Å². The first kappa shape index (κ1) is 23.1. The Bertz CT molecular complexity index is 1220. The number of piperazine rings is 1. The molecule has 0 bridgehead atoms. The van der Waals surface area contributed by atoms with Crippen LogP contribution in [0.2, 0.25) is 0 Å². The van der Waals surface area contributed by atoms with Crippen molar-refractivity contribution in [1.82, 2.24) is 0 Å². The highest BCUT2D eigenvalue weighted by atomic mass is 16.5. The van der Waals surface area contributed by atoms with Crippen LogP contribution >= 0.6 is 0 Å². The molecule has 0 unspecified atom stereocenters. The minimum atomic E-state index is -0.795. The maximum absolute atomic E-state index is 14.0.